The molecule has 9 nitrogen and oxygen atoms in total. The quantitative estimate of drug-likeness (QED) is 0.434. The zero-order valence-electron chi connectivity index (χ0n) is 22.8. The van der Waals surface area contributed by atoms with Crippen LogP contribution in [0.2, 0.25) is 0 Å². The molecule has 2 aromatic rings. The predicted octanol–water partition coefficient (Wildman–Crippen LogP) is 5.35. The summed E-state index contributed by atoms with van der Waals surface area (Å²) in [5.41, 5.74) is -0.272. The van der Waals surface area contributed by atoms with Crippen LogP contribution in [0.15, 0.2) is 48.5 Å². The van der Waals surface area contributed by atoms with E-state index in [2.05, 4.69) is 10.6 Å². The number of rotatable bonds is 9. The molecule has 9 heteroatoms. The van der Waals surface area contributed by atoms with Crippen molar-refractivity contribution in [3.05, 3.63) is 59.7 Å². The number of benzene rings is 2. The molecule has 0 bridgehead atoms. The van der Waals surface area contributed by atoms with E-state index in [0.717, 1.165) is 0 Å². The number of methoxy groups -OCH3 is 2. The minimum Gasteiger partial charge on any atom is -0.497 e. The summed E-state index contributed by atoms with van der Waals surface area (Å²) in [7, 11) is 3.09. The molecule has 0 saturated carbocycles. The van der Waals surface area contributed by atoms with Gasteiger partial charge in [-0.25, -0.2) is 9.59 Å². The normalized spacial score (nSPS) is 13.2. The second-order valence-corrected chi connectivity index (χ2v) is 10.5. The molecule has 0 aliphatic carbocycles. The van der Waals surface area contributed by atoms with Crippen LogP contribution in [0.25, 0.3) is 0 Å². The van der Waals surface area contributed by atoms with Gasteiger partial charge in [-0.3, -0.25) is 0 Å². The van der Waals surface area contributed by atoms with Gasteiger partial charge in [0.05, 0.1) is 32.2 Å². The highest BCUT2D eigenvalue weighted by Gasteiger charge is 2.36. The third kappa shape index (κ3) is 9.33. The Bertz CT molecular complexity index is 957. The highest BCUT2D eigenvalue weighted by molar-refractivity contribution is 5.72. The van der Waals surface area contributed by atoms with Crippen LogP contribution in [0.3, 0.4) is 0 Å². The third-order valence-corrected chi connectivity index (χ3v) is 5.22. The molecule has 2 aromatic carbocycles. The SMILES string of the molecule is COc1ccc([C@@H](NC(=O)OC(C)(C)C)C(C=O)[C@H](NC(=O)OC(C)(C)C)c2ccc(OC)cc2)cc1. The average molecular weight is 515 g/mol. The van der Waals surface area contributed by atoms with Crippen molar-refractivity contribution in [3.63, 3.8) is 0 Å². The first kappa shape index (κ1) is 29.5. The Morgan fingerprint density at radius 1 is 0.676 bits per heavy atom. The Morgan fingerprint density at radius 2 is 1.00 bits per heavy atom. The van der Waals surface area contributed by atoms with E-state index in [1.54, 1.807) is 104 Å². The summed E-state index contributed by atoms with van der Waals surface area (Å²) < 4.78 is 21.5. The van der Waals surface area contributed by atoms with Crippen molar-refractivity contribution >= 4 is 18.5 Å². The topological polar surface area (TPSA) is 112 Å². The van der Waals surface area contributed by atoms with Crippen LogP contribution in [0.1, 0.15) is 64.8 Å². The fourth-order valence-electron chi connectivity index (χ4n) is 3.64. The lowest BCUT2D eigenvalue weighted by Gasteiger charge is -2.33. The van der Waals surface area contributed by atoms with Crippen molar-refractivity contribution in [2.45, 2.75) is 64.8 Å². The van der Waals surface area contributed by atoms with Crippen molar-refractivity contribution in [3.8, 4) is 11.5 Å². The van der Waals surface area contributed by atoms with Crippen molar-refractivity contribution < 1.29 is 33.3 Å². The smallest absolute Gasteiger partial charge is 0.408 e. The first-order chi connectivity index (χ1) is 17.3. The first-order valence-electron chi connectivity index (χ1n) is 12.0. The maximum Gasteiger partial charge on any atom is 0.408 e. The Balaban J connectivity index is 2.56. The molecular formula is C28H38N2O7. The standard InChI is InChI=1S/C28H38N2O7/c1-27(2,3)36-25(32)29-23(18-9-13-20(34-7)14-10-18)22(17-31)24(30-26(33)37-28(4,5)6)19-11-15-21(35-8)16-12-19/h9-17,22-24H,1-8H3,(H,29,32)(H,30,33)/t23-,24-/m1/s1. The number of carbonyl (C=O) groups is 3. The zero-order chi connectivity index (χ0) is 27.8. The summed E-state index contributed by atoms with van der Waals surface area (Å²) in [6.07, 6.45) is -0.699. The maximum absolute atomic E-state index is 12.8. The van der Waals surface area contributed by atoms with Gasteiger partial charge >= 0.3 is 12.2 Å². The van der Waals surface area contributed by atoms with Gasteiger partial charge in [-0.1, -0.05) is 24.3 Å². The van der Waals surface area contributed by atoms with Gasteiger partial charge in [-0.2, -0.15) is 0 Å². The largest absolute Gasteiger partial charge is 0.497 e. The summed E-state index contributed by atoms with van der Waals surface area (Å²) >= 11 is 0. The second kappa shape index (κ2) is 12.5. The van der Waals surface area contributed by atoms with Crippen molar-refractivity contribution in [2.75, 3.05) is 14.2 Å². The van der Waals surface area contributed by atoms with Gasteiger partial charge in [0, 0.05) is 0 Å². The molecule has 0 aliphatic heterocycles. The summed E-state index contributed by atoms with van der Waals surface area (Å²) in [6, 6.07) is 12.2. The Labute approximate surface area is 218 Å². The Morgan fingerprint density at radius 3 is 1.24 bits per heavy atom. The molecule has 0 fully saturated rings. The third-order valence-electron chi connectivity index (χ3n) is 5.22. The highest BCUT2D eigenvalue weighted by Crippen LogP contribution is 2.34. The Hall–Kier alpha value is -3.75. The number of carbonyl (C=O) groups excluding carboxylic acids is 3. The molecule has 37 heavy (non-hydrogen) atoms. The van der Waals surface area contributed by atoms with Crippen LogP contribution < -0.4 is 20.1 Å². The highest BCUT2D eigenvalue weighted by atomic mass is 16.6. The molecule has 2 amide bonds. The number of hydrogen-bond acceptors (Lipinski definition) is 7. The van der Waals surface area contributed by atoms with Crippen LogP contribution in [0.5, 0.6) is 11.5 Å². The number of amides is 2. The molecule has 202 valence electrons. The van der Waals surface area contributed by atoms with Gasteiger partial charge in [0.2, 0.25) is 0 Å². The molecule has 2 atom stereocenters. The lowest BCUT2D eigenvalue weighted by atomic mass is 9.84. The Kier molecular flexibility index (Phi) is 9.94. The monoisotopic (exact) mass is 514 g/mol. The van der Waals surface area contributed by atoms with Crippen LogP contribution in [0.4, 0.5) is 9.59 Å². The van der Waals surface area contributed by atoms with Crippen molar-refractivity contribution in [2.24, 2.45) is 5.92 Å². The number of ether oxygens (including phenoxy) is 4. The van der Waals surface area contributed by atoms with E-state index in [-0.39, 0.29) is 0 Å². The van der Waals surface area contributed by atoms with E-state index in [4.69, 9.17) is 18.9 Å². The number of hydrogen-bond donors (Lipinski definition) is 2. The second-order valence-electron chi connectivity index (χ2n) is 10.5. The average Bonchev–Trinajstić information content (AvgIpc) is 2.81. The number of aldehydes is 1. The van der Waals surface area contributed by atoms with E-state index in [1.165, 1.54) is 0 Å². The molecule has 0 unspecified atom stereocenters. The van der Waals surface area contributed by atoms with Gasteiger partial charge in [-0.15, -0.1) is 0 Å². The van der Waals surface area contributed by atoms with E-state index in [1.807, 2.05) is 0 Å². The van der Waals surface area contributed by atoms with E-state index in [0.29, 0.717) is 28.9 Å². The minimum absolute atomic E-state index is 0.612. The lowest BCUT2D eigenvalue weighted by molar-refractivity contribution is -0.112. The molecule has 0 heterocycles. The van der Waals surface area contributed by atoms with Crippen LogP contribution in [-0.4, -0.2) is 43.9 Å². The molecule has 0 radical (unpaired) electrons. The van der Waals surface area contributed by atoms with Gasteiger partial charge in [-0.05, 0) is 76.9 Å². The van der Waals surface area contributed by atoms with E-state index >= 15 is 0 Å². The van der Waals surface area contributed by atoms with Gasteiger partial charge in [0.25, 0.3) is 0 Å². The van der Waals surface area contributed by atoms with Crippen molar-refractivity contribution in [1.29, 1.82) is 0 Å². The van der Waals surface area contributed by atoms with Gasteiger partial charge in [0.1, 0.15) is 29.0 Å². The minimum atomic E-state index is -0.943. The number of nitrogens with one attached hydrogen (secondary N) is 2. The van der Waals surface area contributed by atoms with Crippen LogP contribution in [-0.2, 0) is 14.3 Å². The van der Waals surface area contributed by atoms with E-state index < -0.39 is 41.4 Å². The lowest BCUT2D eigenvalue weighted by Crippen LogP contribution is -2.44. The fraction of sp³-hybridized carbons (Fsp3) is 0.464. The van der Waals surface area contributed by atoms with Crippen molar-refractivity contribution in [1.82, 2.24) is 10.6 Å². The number of alkyl carbamates (subject to hydrolysis) is 2. The summed E-state index contributed by atoms with van der Waals surface area (Å²) in [5.74, 6) is 0.281. The molecule has 2 rings (SSSR count). The molecular weight excluding hydrogens is 476 g/mol. The zero-order valence-corrected chi connectivity index (χ0v) is 22.8. The van der Waals surface area contributed by atoms with Crippen LogP contribution in [0, 0.1) is 5.92 Å². The first-order valence-corrected chi connectivity index (χ1v) is 12.0. The predicted molar refractivity (Wildman–Crippen MR) is 140 cm³/mol. The van der Waals surface area contributed by atoms with Gasteiger partial charge in [0.15, 0.2) is 0 Å². The summed E-state index contributed by atoms with van der Waals surface area (Å²) in [4.78, 5) is 38.4. The molecule has 0 saturated heterocycles. The summed E-state index contributed by atoms with van der Waals surface area (Å²) in [6.45, 7) is 10.5. The molecule has 0 aromatic heterocycles. The maximum atomic E-state index is 12.8. The van der Waals surface area contributed by atoms with Gasteiger partial charge < -0.3 is 34.4 Å². The fourth-order valence-corrected chi connectivity index (χ4v) is 3.64. The van der Waals surface area contributed by atoms with Crippen LogP contribution >= 0.6 is 0 Å². The van der Waals surface area contributed by atoms with E-state index in [9.17, 15) is 14.4 Å². The molecule has 0 spiro atoms. The molecule has 2 N–H and O–H groups in total. The summed E-state index contributed by atoms with van der Waals surface area (Å²) in [5, 5.41) is 5.65. The molecule has 0 aliphatic rings.